The molecule has 1 saturated heterocycles. The molecule has 2 aliphatic carbocycles. The predicted molar refractivity (Wildman–Crippen MR) is 68.1 cm³/mol. The molecular formula is C15H20O4. The van der Waals surface area contributed by atoms with Crippen molar-refractivity contribution in [3.63, 3.8) is 0 Å². The van der Waals surface area contributed by atoms with Crippen molar-refractivity contribution in [2.45, 2.75) is 45.3 Å². The summed E-state index contributed by atoms with van der Waals surface area (Å²) in [5.41, 5.74) is 0.200. The first-order valence-corrected chi connectivity index (χ1v) is 6.97. The molecule has 2 saturated carbocycles. The predicted octanol–water partition coefficient (Wildman–Crippen LogP) is 1.47. The summed E-state index contributed by atoms with van der Waals surface area (Å²) in [5, 5.41) is 10.3. The molecule has 3 fully saturated rings. The third kappa shape index (κ3) is 1.55. The second kappa shape index (κ2) is 3.92. The van der Waals surface area contributed by atoms with Gasteiger partial charge in [-0.2, -0.15) is 0 Å². The Morgan fingerprint density at radius 1 is 1.42 bits per heavy atom. The zero-order valence-electron chi connectivity index (χ0n) is 11.4. The van der Waals surface area contributed by atoms with Gasteiger partial charge in [-0.15, -0.1) is 0 Å². The highest BCUT2D eigenvalue weighted by atomic mass is 16.6. The summed E-state index contributed by atoms with van der Waals surface area (Å²) in [6, 6.07) is 0. The second-order valence-corrected chi connectivity index (χ2v) is 6.55. The van der Waals surface area contributed by atoms with Crippen LogP contribution in [-0.4, -0.2) is 29.1 Å². The third-order valence-electron chi connectivity index (χ3n) is 5.66. The maximum atomic E-state index is 12.0. The zero-order valence-corrected chi connectivity index (χ0v) is 11.4. The quantitative estimate of drug-likeness (QED) is 0.531. The van der Waals surface area contributed by atoms with Gasteiger partial charge in [-0.1, -0.05) is 20.4 Å². The highest BCUT2D eigenvalue weighted by Gasteiger charge is 2.60. The van der Waals surface area contributed by atoms with Gasteiger partial charge in [0.25, 0.3) is 0 Å². The molecule has 3 rings (SSSR count). The van der Waals surface area contributed by atoms with Crippen molar-refractivity contribution in [2.75, 3.05) is 0 Å². The molecule has 6 atom stereocenters. The molecule has 104 valence electrons. The number of ether oxygens (including phenoxy) is 1. The minimum absolute atomic E-state index is 0.0196. The molecule has 4 nitrogen and oxygen atoms in total. The minimum atomic E-state index is -0.630. The molecule has 3 aliphatic rings. The van der Waals surface area contributed by atoms with Gasteiger partial charge >= 0.3 is 5.97 Å². The van der Waals surface area contributed by atoms with Gasteiger partial charge in [0.2, 0.25) is 0 Å². The summed E-state index contributed by atoms with van der Waals surface area (Å²) in [6.07, 6.45) is 0.927. The van der Waals surface area contributed by atoms with Crippen molar-refractivity contribution in [1.29, 1.82) is 0 Å². The fraction of sp³-hybridized carbons (Fsp3) is 0.733. The lowest BCUT2D eigenvalue weighted by molar-refractivity contribution is -0.173. The third-order valence-corrected chi connectivity index (χ3v) is 5.66. The van der Waals surface area contributed by atoms with E-state index in [4.69, 9.17) is 4.74 Å². The van der Waals surface area contributed by atoms with Crippen LogP contribution in [0.1, 0.15) is 33.1 Å². The van der Waals surface area contributed by atoms with Crippen LogP contribution >= 0.6 is 0 Å². The monoisotopic (exact) mass is 264 g/mol. The summed E-state index contributed by atoms with van der Waals surface area (Å²) < 4.78 is 5.48. The summed E-state index contributed by atoms with van der Waals surface area (Å²) in [7, 11) is 0. The Morgan fingerprint density at radius 3 is 2.79 bits per heavy atom. The van der Waals surface area contributed by atoms with Crippen LogP contribution in [0.15, 0.2) is 12.2 Å². The van der Waals surface area contributed by atoms with Crippen LogP contribution in [0.5, 0.6) is 0 Å². The largest absolute Gasteiger partial charge is 0.458 e. The van der Waals surface area contributed by atoms with E-state index < -0.39 is 6.10 Å². The zero-order chi connectivity index (χ0) is 13.9. The molecular weight excluding hydrogens is 244 g/mol. The number of hydrogen-bond donors (Lipinski definition) is 1. The first-order chi connectivity index (χ1) is 8.86. The first-order valence-electron chi connectivity index (χ1n) is 6.97. The van der Waals surface area contributed by atoms with Crippen LogP contribution in [0.4, 0.5) is 0 Å². The normalized spacial score (nSPS) is 49.6. The van der Waals surface area contributed by atoms with Crippen LogP contribution in [0.3, 0.4) is 0 Å². The van der Waals surface area contributed by atoms with Gasteiger partial charge in [0.05, 0.1) is 6.10 Å². The van der Waals surface area contributed by atoms with E-state index in [1.54, 1.807) is 0 Å². The van der Waals surface area contributed by atoms with Gasteiger partial charge in [-0.05, 0) is 12.8 Å². The Balaban J connectivity index is 2.02. The lowest BCUT2D eigenvalue weighted by Crippen LogP contribution is -2.58. The molecule has 0 aromatic carbocycles. The molecule has 4 heteroatoms. The number of hydrogen-bond acceptors (Lipinski definition) is 4. The van der Waals surface area contributed by atoms with Crippen molar-refractivity contribution in [3.05, 3.63) is 12.2 Å². The number of aliphatic hydroxyl groups excluding tert-OH is 1. The molecule has 1 heterocycles. The molecule has 0 unspecified atom stereocenters. The summed E-state index contributed by atoms with van der Waals surface area (Å²) >= 11 is 0. The SMILES string of the molecule is C=C1C(=O)O[C@H]2[C@@H]3[C@@H](C)C(=O)C[C@H](O)[C@@]3(C)CC[C@H]12. The molecule has 0 bridgehead atoms. The highest BCUT2D eigenvalue weighted by molar-refractivity contribution is 5.91. The number of esters is 1. The summed E-state index contributed by atoms with van der Waals surface area (Å²) in [6.45, 7) is 7.74. The molecule has 1 N–H and O–H groups in total. The van der Waals surface area contributed by atoms with Gasteiger partial charge in [0.1, 0.15) is 11.9 Å². The van der Waals surface area contributed by atoms with E-state index in [0.717, 1.165) is 12.8 Å². The van der Waals surface area contributed by atoms with Crippen LogP contribution in [0, 0.1) is 23.2 Å². The van der Waals surface area contributed by atoms with Crippen LogP contribution in [-0.2, 0) is 14.3 Å². The van der Waals surface area contributed by atoms with Crippen molar-refractivity contribution >= 4 is 11.8 Å². The van der Waals surface area contributed by atoms with Crippen LogP contribution in [0.25, 0.3) is 0 Å². The number of rotatable bonds is 0. The maximum Gasteiger partial charge on any atom is 0.334 e. The van der Waals surface area contributed by atoms with Crippen molar-refractivity contribution < 1.29 is 19.4 Å². The fourth-order valence-electron chi connectivity index (χ4n) is 4.36. The van der Waals surface area contributed by atoms with E-state index in [1.165, 1.54) is 0 Å². The van der Waals surface area contributed by atoms with Gasteiger partial charge in [0.15, 0.2) is 0 Å². The number of aliphatic hydroxyl groups is 1. The molecule has 0 amide bonds. The first kappa shape index (κ1) is 12.9. The Labute approximate surface area is 112 Å². The minimum Gasteiger partial charge on any atom is -0.458 e. The maximum absolute atomic E-state index is 12.0. The summed E-state index contributed by atoms with van der Waals surface area (Å²) in [4.78, 5) is 23.8. The van der Waals surface area contributed by atoms with Crippen LogP contribution in [0.2, 0.25) is 0 Å². The number of carbonyl (C=O) groups excluding carboxylic acids is 2. The van der Waals surface area contributed by atoms with Gasteiger partial charge < -0.3 is 9.84 Å². The number of Topliss-reactive ketones (excluding diaryl/α,β-unsaturated/α-hetero) is 1. The smallest absolute Gasteiger partial charge is 0.334 e. The lowest BCUT2D eigenvalue weighted by atomic mass is 9.52. The van der Waals surface area contributed by atoms with E-state index in [-0.39, 0.29) is 47.4 Å². The Morgan fingerprint density at radius 2 is 2.11 bits per heavy atom. The molecule has 19 heavy (non-hydrogen) atoms. The van der Waals surface area contributed by atoms with E-state index in [2.05, 4.69) is 6.58 Å². The van der Waals surface area contributed by atoms with E-state index in [9.17, 15) is 14.7 Å². The van der Waals surface area contributed by atoms with Crippen LogP contribution < -0.4 is 0 Å². The Hall–Kier alpha value is -1.16. The fourth-order valence-corrected chi connectivity index (χ4v) is 4.36. The lowest BCUT2D eigenvalue weighted by Gasteiger charge is -2.53. The van der Waals surface area contributed by atoms with E-state index in [0.29, 0.717) is 5.57 Å². The molecule has 0 aromatic rings. The van der Waals surface area contributed by atoms with Crippen molar-refractivity contribution in [1.82, 2.24) is 0 Å². The molecule has 1 aliphatic heterocycles. The van der Waals surface area contributed by atoms with Gasteiger partial charge in [-0.25, -0.2) is 4.79 Å². The van der Waals surface area contributed by atoms with Gasteiger partial charge in [-0.3, -0.25) is 4.79 Å². The Kier molecular flexibility index (Phi) is 2.65. The second-order valence-electron chi connectivity index (χ2n) is 6.55. The molecule has 0 spiro atoms. The van der Waals surface area contributed by atoms with Crippen molar-refractivity contribution in [3.8, 4) is 0 Å². The Bertz CT molecular complexity index is 469. The average molecular weight is 264 g/mol. The molecule has 0 aromatic heterocycles. The number of carbonyl (C=O) groups is 2. The van der Waals surface area contributed by atoms with Crippen molar-refractivity contribution in [2.24, 2.45) is 23.2 Å². The topological polar surface area (TPSA) is 63.6 Å². The average Bonchev–Trinajstić information content (AvgIpc) is 2.63. The number of fused-ring (bicyclic) bond motifs is 3. The summed E-state index contributed by atoms with van der Waals surface area (Å²) in [5.74, 6) is -0.500. The van der Waals surface area contributed by atoms with E-state index in [1.807, 2.05) is 13.8 Å². The highest BCUT2D eigenvalue weighted by Crippen LogP contribution is 2.56. The molecule has 0 radical (unpaired) electrons. The van der Waals surface area contributed by atoms with Gasteiger partial charge in [0, 0.05) is 35.2 Å². The standard InChI is InChI=1S/C15H20O4/c1-7-9-4-5-15(3)11(17)6-10(16)8(2)12(15)13(9)19-14(7)18/h8-9,11-13,17H,1,4-6H2,2-3H3/t8-,9+,11-,12-,13+,15+/m0/s1. The van der Waals surface area contributed by atoms with E-state index >= 15 is 0 Å². The number of ketones is 1.